The Balaban J connectivity index is 1.95. The average Bonchev–Trinajstić information content (AvgIpc) is 2.56. The van der Waals surface area contributed by atoms with E-state index in [4.69, 9.17) is 15.2 Å². The predicted molar refractivity (Wildman–Crippen MR) is 103 cm³/mol. The van der Waals surface area contributed by atoms with Crippen LogP contribution in [0, 0.1) is 5.41 Å². The maximum Gasteiger partial charge on any atom is 0.405 e. The van der Waals surface area contributed by atoms with Crippen molar-refractivity contribution in [2.75, 3.05) is 6.61 Å². The first-order valence-electron chi connectivity index (χ1n) is 8.92. The molecule has 0 radical (unpaired) electrons. The number of amides is 1. The summed E-state index contributed by atoms with van der Waals surface area (Å²) in [5.74, 6) is 0.743. The van der Waals surface area contributed by atoms with Gasteiger partial charge in [0.15, 0.2) is 0 Å². The van der Waals surface area contributed by atoms with Gasteiger partial charge in [-0.2, -0.15) is 0 Å². The van der Waals surface area contributed by atoms with Crippen LogP contribution in [0.5, 0.6) is 5.75 Å². The molecule has 4 heteroatoms. The normalized spacial score (nSPS) is 18.6. The van der Waals surface area contributed by atoms with E-state index in [0.29, 0.717) is 6.61 Å². The van der Waals surface area contributed by atoms with Crippen molar-refractivity contribution in [2.45, 2.75) is 46.1 Å². The Kier molecular flexibility index (Phi) is 4.47. The van der Waals surface area contributed by atoms with Gasteiger partial charge in [0.1, 0.15) is 11.9 Å². The molecule has 2 N–H and O–H groups in total. The molecule has 1 atom stereocenters. The second-order valence-corrected chi connectivity index (χ2v) is 8.67. The topological polar surface area (TPSA) is 61.6 Å². The van der Waals surface area contributed by atoms with Crippen LogP contribution in [-0.2, 0) is 10.2 Å². The van der Waals surface area contributed by atoms with E-state index in [1.807, 2.05) is 32.0 Å². The Labute approximate surface area is 155 Å². The molecule has 1 heterocycles. The third-order valence-corrected chi connectivity index (χ3v) is 4.92. The van der Waals surface area contributed by atoms with Gasteiger partial charge in [0.25, 0.3) is 0 Å². The first-order valence-corrected chi connectivity index (χ1v) is 8.92. The Morgan fingerprint density at radius 2 is 1.73 bits per heavy atom. The first-order chi connectivity index (χ1) is 12.1. The number of carbonyl (C=O) groups is 1. The molecule has 1 amide bonds. The molecule has 1 unspecified atom stereocenters. The number of primary amides is 1. The lowest BCUT2D eigenvalue weighted by Crippen LogP contribution is -2.37. The predicted octanol–water partition coefficient (Wildman–Crippen LogP) is 5.21. The molecule has 1 aliphatic rings. The van der Waals surface area contributed by atoms with E-state index in [2.05, 4.69) is 45.0 Å². The lowest BCUT2D eigenvalue weighted by molar-refractivity contribution is -0.0176. The number of ether oxygens (including phenoxy) is 2. The molecule has 0 saturated carbocycles. The molecule has 0 aliphatic carbocycles. The molecule has 4 nitrogen and oxygen atoms in total. The summed E-state index contributed by atoms with van der Waals surface area (Å²) >= 11 is 0. The van der Waals surface area contributed by atoms with Crippen LogP contribution in [0.4, 0.5) is 4.79 Å². The number of rotatable bonds is 2. The minimum absolute atomic E-state index is 0.127. The van der Waals surface area contributed by atoms with Crippen LogP contribution in [0.1, 0.15) is 51.8 Å². The van der Waals surface area contributed by atoms with Gasteiger partial charge < -0.3 is 15.2 Å². The van der Waals surface area contributed by atoms with Crippen LogP contribution in [0.2, 0.25) is 0 Å². The molecular formula is C22H27NO3. The first kappa shape index (κ1) is 18.3. The summed E-state index contributed by atoms with van der Waals surface area (Å²) in [6.45, 7) is 11.1. The van der Waals surface area contributed by atoms with Crippen LogP contribution >= 0.6 is 0 Å². The Morgan fingerprint density at radius 1 is 1.12 bits per heavy atom. The minimum Gasteiger partial charge on any atom is -0.492 e. The SMILES string of the molecule is CC(C)(C)c1ccc(-c2ccc3c(c2)OCC(C)(C)C3OC(N)=O)cc1. The molecule has 26 heavy (non-hydrogen) atoms. The van der Waals surface area contributed by atoms with Gasteiger partial charge in [0.2, 0.25) is 0 Å². The van der Waals surface area contributed by atoms with Gasteiger partial charge in [0.05, 0.1) is 6.61 Å². The van der Waals surface area contributed by atoms with E-state index in [1.54, 1.807) is 0 Å². The largest absolute Gasteiger partial charge is 0.492 e. The second-order valence-electron chi connectivity index (χ2n) is 8.67. The molecule has 2 aromatic carbocycles. The molecule has 2 aromatic rings. The highest BCUT2D eigenvalue weighted by atomic mass is 16.6. The van der Waals surface area contributed by atoms with E-state index >= 15 is 0 Å². The number of hydrogen-bond donors (Lipinski definition) is 1. The van der Waals surface area contributed by atoms with Crippen LogP contribution in [-0.4, -0.2) is 12.7 Å². The fourth-order valence-corrected chi connectivity index (χ4v) is 3.32. The zero-order chi connectivity index (χ0) is 19.1. The zero-order valence-corrected chi connectivity index (χ0v) is 16.1. The monoisotopic (exact) mass is 353 g/mol. The summed E-state index contributed by atoms with van der Waals surface area (Å²) in [6.07, 6.45) is -1.18. The second kappa shape index (κ2) is 6.35. The Bertz CT molecular complexity index is 816. The lowest BCUT2D eigenvalue weighted by Gasteiger charge is -2.38. The van der Waals surface area contributed by atoms with E-state index < -0.39 is 12.2 Å². The number of fused-ring (bicyclic) bond motifs is 1. The van der Waals surface area contributed by atoms with Gasteiger partial charge in [-0.1, -0.05) is 71.0 Å². The minimum atomic E-state index is -0.766. The third-order valence-electron chi connectivity index (χ3n) is 4.92. The van der Waals surface area contributed by atoms with E-state index in [1.165, 1.54) is 5.56 Å². The highest BCUT2D eigenvalue weighted by Gasteiger charge is 2.40. The molecular weight excluding hydrogens is 326 g/mol. The molecule has 1 aliphatic heterocycles. The van der Waals surface area contributed by atoms with Gasteiger partial charge >= 0.3 is 6.09 Å². The highest BCUT2D eigenvalue weighted by Crippen LogP contribution is 2.46. The van der Waals surface area contributed by atoms with Crippen LogP contribution in [0.3, 0.4) is 0 Å². The van der Waals surface area contributed by atoms with Crippen molar-refractivity contribution < 1.29 is 14.3 Å². The lowest BCUT2D eigenvalue weighted by atomic mass is 9.80. The van der Waals surface area contributed by atoms with Crippen LogP contribution in [0.15, 0.2) is 42.5 Å². The fraction of sp³-hybridized carbons (Fsp3) is 0.409. The standard InChI is InChI=1S/C22H27NO3/c1-21(2,3)16-9-6-14(7-10-16)15-8-11-17-18(12-15)25-13-22(4,5)19(17)26-20(23)24/h6-12,19H,13H2,1-5H3,(H2,23,24). The van der Waals surface area contributed by atoms with Crippen LogP contribution < -0.4 is 10.5 Å². The van der Waals surface area contributed by atoms with E-state index in [-0.39, 0.29) is 10.8 Å². The number of carbonyl (C=O) groups excluding carboxylic acids is 1. The number of nitrogens with two attached hydrogens (primary N) is 1. The molecule has 0 fully saturated rings. The molecule has 0 saturated heterocycles. The van der Waals surface area contributed by atoms with Crippen LogP contribution in [0.25, 0.3) is 11.1 Å². The summed E-state index contributed by atoms with van der Waals surface area (Å²) in [7, 11) is 0. The summed E-state index contributed by atoms with van der Waals surface area (Å²) in [5.41, 5.74) is 9.41. The molecule has 138 valence electrons. The van der Waals surface area contributed by atoms with Crippen molar-refractivity contribution in [1.29, 1.82) is 0 Å². The third kappa shape index (κ3) is 3.55. The van der Waals surface area contributed by atoms with E-state index in [0.717, 1.165) is 22.4 Å². The van der Waals surface area contributed by atoms with Gasteiger partial charge in [0, 0.05) is 11.0 Å². The maximum absolute atomic E-state index is 11.3. The molecule has 0 spiro atoms. The van der Waals surface area contributed by atoms with Crippen molar-refractivity contribution in [3.05, 3.63) is 53.6 Å². The summed E-state index contributed by atoms with van der Waals surface area (Å²) < 4.78 is 11.3. The zero-order valence-electron chi connectivity index (χ0n) is 16.1. The van der Waals surface area contributed by atoms with Gasteiger partial charge in [-0.15, -0.1) is 0 Å². The number of hydrogen-bond acceptors (Lipinski definition) is 3. The highest BCUT2D eigenvalue weighted by molar-refractivity contribution is 5.68. The quantitative estimate of drug-likeness (QED) is 0.806. The Hall–Kier alpha value is -2.49. The van der Waals surface area contributed by atoms with Crippen molar-refractivity contribution in [3.8, 4) is 16.9 Å². The summed E-state index contributed by atoms with van der Waals surface area (Å²) in [6, 6.07) is 14.6. The van der Waals surface area contributed by atoms with Gasteiger partial charge in [-0.3, -0.25) is 0 Å². The number of benzene rings is 2. The smallest absolute Gasteiger partial charge is 0.405 e. The Morgan fingerprint density at radius 3 is 2.31 bits per heavy atom. The summed E-state index contributed by atoms with van der Waals surface area (Å²) in [5, 5.41) is 0. The van der Waals surface area contributed by atoms with Crippen molar-refractivity contribution >= 4 is 6.09 Å². The van der Waals surface area contributed by atoms with Crippen molar-refractivity contribution in [2.24, 2.45) is 11.1 Å². The van der Waals surface area contributed by atoms with Crippen molar-refractivity contribution in [3.63, 3.8) is 0 Å². The van der Waals surface area contributed by atoms with E-state index in [9.17, 15) is 4.79 Å². The maximum atomic E-state index is 11.3. The van der Waals surface area contributed by atoms with Gasteiger partial charge in [-0.05, 0) is 28.2 Å². The molecule has 0 aromatic heterocycles. The fourth-order valence-electron chi connectivity index (χ4n) is 3.32. The van der Waals surface area contributed by atoms with Gasteiger partial charge in [-0.25, -0.2) is 4.79 Å². The molecule has 0 bridgehead atoms. The molecule has 3 rings (SSSR count). The average molecular weight is 353 g/mol. The van der Waals surface area contributed by atoms with Crippen molar-refractivity contribution in [1.82, 2.24) is 0 Å². The summed E-state index contributed by atoms with van der Waals surface area (Å²) in [4.78, 5) is 11.3.